The second-order valence-electron chi connectivity index (χ2n) is 10.4. The van der Waals surface area contributed by atoms with E-state index < -0.39 is 5.92 Å². The Morgan fingerprint density at radius 1 is 1.05 bits per heavy atom. The summed E-state index contributed by atoms with van der Waals surface area (Å²) in [5.41, 5.74) is 5.80. The van der Waals surface area contributed by atoms with Gasteiger partial charge in [-0.2, -0.15) is 0 Å². The number of carbonyl (C=O) groups excluding carboxylic acids is 2. The van der Waals surface area contributed by atoms with Gasteiger partial charge in [-0.25, -0.2) is 9.37 Å². The van der Waals surface area contributed by atoms with Crippen molar-refractivity contribution in [3.63, 3.8) is 0 Å². The second-order valence-corrected chi connectivity index (χ2v) is 10.4. The molecule has 2 aromatic heterocycles. The summed E-state index contributed by atoms with van der Waals surface area (Å²) in [5, 5.41) is 2.90. The van der Waals surface area contributed by atoms with E-state index in [1.165, 1.54) is 12.1 Å². The minimum Gasteiger partial charge on any atom is -0.357 e. The number of carbonyl (C=O) groups is 2. The number of benzene rings is 2. The molecular weight excluding hydrogens is 479 g/mol. The number of H-pyrrole nitrogens is 1. The van der Waals surface area contributed by atoms with Gasteiger partial charge < -0.3 is 15.2 Å². The normalized spacial score (nSPS) is 16.6. The monoisotopic (exact) mass is 508 g/mol. The molecule has 2 aliphatic rings. The summed E-state index contributed by atoms with van der Waals surface area (Å²) in [7, 11) is 1.92. The third kappa shape index (κ3) is 3.99. The molecule has 0 radical (unpaired) electrons. The van der Waals surface area contributed by atoms with Gasteiger partial charge in [0, 0.05) is 42.0 Å². The first kappa shape index (κ1) is 24.1. The first-order chi connectivity index (χ1) is 18.4. The van der Waals surface area contributed by atoms with Crippen molar-refractivity contribution in [3.05, 3.63) is 95.6 Å². The van der Waals surface area contributed by atoms with Gasteiger partial charge in [0.15, 0.2) is 0 Å². The Balaban J connectivity index is 1.38. The number of nitrogens with one attached hydrogen (secondary N) is 2. The number of rotatable bonds is 5. The molecule has 4 aromatic rings. The van der Waals surface area contributed by atoms with Crippen LogP contribution >= 0.6 is 0 Å². The zero-order chi connectivity index (χ0) is 26.4. The van der Waals surface area contributed by atoms with Gasteiger partial charge in [-0.1, -0.05) is 42.5 Å². The highest BCUT2D eigenvalue weighted by molar-refractivity contribution is 6.07. The number of hydrogen-bond donors (Lipinski definition) is 2. The smallest absolute Gasteiger partial charge is 0.256 e. The van der Waals surface area contributed by atoms with Gasteiger partial charge in [-0.05, 0) is 61.6 Å². The van der Waals surface area contributed by atoms with Crippen molar-refractivity contribution >= 4 is 17.6 Å². The van der Waals surface area contributed by atoms with Gasteiger partial charge in [0.1, 0.15) is 11.6 Å². The van der Waals surface area contributed by atoms with E-state index in [0.717, 1.165) is 64.9 Å². The van der Waals surface area contributed by atoms with E-state index in [1.807, 2.05) is 54.4 Å². The first-order valence-corrected chi connectivity index (χ1v) is 13.0. The molecule has 3 heterocycles. The van der Waals surface area contributed by atoms with E-state index in [0.29, 0.717) is 5.82 Å². The summed E-state index contributed by atoms with van der Waals surface area (Å²) in [4.78, 5) is 36.6. The van der Waals surface area contributed by atoms with E-state index in [4.69, 9.17) is 0 Å². The Hall–Kier alpha value is -4.26. The highest BCUT2D eigenvalue weighted by atomic mass is 19.1. The zero-order valence-corrected chi connectivity index (χ0v) is 21.4. The highest BCUT2D eigenvalue weighted by Gasteiger charge is 2.48. The lowest BCUT2D eigenvalue weighted by molar-refractivity contribution is -0.117. The molecule has 0 bridgehead atoms. The third-order valence-corrected chi connectivity index (χ3v) is 8.22. The van der Waals surface area contributed by atoms with Crippen LogP contribution < -0.4 is 5.32 Å². The van der Waals surface area contributed by atoms with Crippen LogP contribution in [0.15, 0.2) is 72.9 Å². The molecule has 6 nitrogen and oxygen atoms in total. The number of likely N-dealkylation sites (N-methyl/N-ethyl adjacent to an activating group) is 1. The number of hydrogen-bond acceptors (Lipinski definition) is 3. The quantitative estimate of drug-likeness (QED) is 0.338. The molecule has 1 aliphatic heterocycles. The van der Waals surface area contributed by atoms with Crippen LogP contribution in [-0.2, 0) is 11.2 Å². The summed E-state index contributed by atoms with van der Waals surface area (Å²) < 4.78 is 13.3. The summed E-state index contributed by atoms with van der Waals surface area (Å²) in [6.45, 7) is 1.78. The molecule has 0 saturated heterocycles. The molecule has 1 atom stereocenters. The molecule has 38 heavy (non-hydrogen) atoms. The van der Waals surface area contributed by atoms with Crippen molar-refractivity contribution in [2.24, 2.45) is 0 Å². The lowest BCUT2D eigenvalue weighted by Gasteiger charge is -2.51. The Labute approximate surface area is 220 Å². The van der Waals surface area contributed by atoms with Crippen LogP contribution in [0.1, 0.15) is 53.7 Å². The van der Waals surface area contributed by atoms with E-state index >= 15 is 0 Å². The number of aromatic amines is 1. The van der Waals surface area contributed by atoms with E-state index in [2.05, 4.69) is 15.3 Å². The SMILES string of the molecule is C[C@H](C(=O)Nc1cc(-c2[nH]c3c(c2-c2ccccc2)C(=O)N(C)C2(CCC2)C3)ccn1)c1ccc(F)cc1. The van der Waals surface area contributed by atoms with E-state index in [-0.39, 0.29) is 23.2 Å². The maximum absolute atomic E-state index is 13.7. The van der Waals surface area contributed by atoms with Crippen LogP contribution in [0.2, 0.25) is 0 Å². The standard InChI is InChI=1S/C31H29FN4O2/c1-19(20-9-11-23(32)12-10-20)29(37)35-25-17-22(13-16-33-25)28-26(21-7-4-3-5-8-21)27-24(34-28)18-31(14-6-15-31)36(2)30(27)38/h3-5,7-13,16-17,19,34H,6,14-15,18H2,1-2H3,(H,33,35,37)/t19-/m0/s1. The maximum Gasteiger partial charge on any atom is 0.256 e. The molecule has 0 unspecified atom stereocenters. The van der Waals surface area contributed by atoms with Crippen molar-refractivity contribution in [1.82, 2.24) is 14.9 Å². The fourth-order valence-corrected chi connectivity index (χ4v) is 5.75. The van der Waals surface area contributed by atoms with E-state index in [1.54, 1.807) is 25.3 Å². The second kappa shape index (κ2) is 9.24. The summed E-state index contributed by atoms with van der Waals surface area (Å²) in [6, 6.07) is 19.6. The van der Waals surface area contributed by atoms with Crippen molar-refractivity contribution in [1.29, 1.82) is 0 Å². The summed E-state index contributed by atoms with van der Waals surface area (Å²) in [5.74, 6) is -0.605. The Morgan fingerprint density at radius 2 is 1.79 bits per heavy atom. The molecule has 6 rings (SSSR count). The number of pyridine rings is 1. The van der Waals surface area contributed by atoms with Gasteiger partial charge in [0.2, 0.25) is 5.91 Å². The lowest BCUT2D eigenvalue weighted by Crippen LogP contribution is -2.58. The molecule has 2 amide bonds. The molecule has 1 saturated carbocycles. The van der Waals surface area contributed by atoms with Crippen LogP contribution in [0.5, 0.6) is 0 Å². The zero-order valence-electron chi connectivity index (χ0n) is 21.4. The highest BCUT2D eigenvalue weighted by Crippen LogP contribution is 2.48. The number of anilines is 1. The Kier molecular flexibility index (Phi) is 5.86. The van der Waals surface area contributed by atoms with Crippen molar-refractivity contribution < 1.29 is 14.0 Å². The van der Waals surface area contributed by atoms with Gasteiger partial charge in [-0.15, -0.1) is 0 Å². The van der Waals surface area contributed by atoms with Gasteiger partial charge >= 0.3 is 0 Å². The van der Waals surface area contributed by atoms with Crippen LogP contribution in [0.25, 0.3) is 22.4 Å². The number of amides is 2. The maximum atomic E-state index is 13.7. The number of aromatic nitrogens is 2. The van der Waals surface area contributed by atoms with Gasteiger partial charge in [0.05, 0.1) is 17.2 Å². The molecule has 1 aliphatic carbocycles. The van der Waals surface area contributed by atoms with Crippen molar-refractivity contribution in [3.8, 4) is 22.4 Å². The third-order valence-electron chi connectivity index (χ3n) is 8.22. The minimum atomic E-state index is -0.481. The van der Waals surface area contributed by atoms with Gasteiger partial charge in [-0.3, -0.25) is 9.59 Å². The average Bonchev–Trinajstić information content (AvgIpc) is 3.30. The first-order valence-electron chi connectivity index (χ1n) is 13.0. The van der Waals surface area contributed by atoms with Crippen LogP contribution in [0.4, 0.5) is 10.2 Å². The molecule has 2 N–H and O–H groups in total. The molecule has 7 heteroatoms. The van der Waals surface area contributed by atoms with Crippen LogP contribution in [0.3, 0.4) is 0 Å². The fourth-order valence-electron chi connectivity index (χ4n) is 5.75. The number of fused-ring (bicyclic) bond motifs is 1. The Morgan fingerprint density at radius 3 is 2.47 bits per heavy atom. The largest absolute Gasteiger partial charge is 0.357 e. The molecule has 2 aromatic carbocycles. The molecule has 1 spiro atoms. The average molecular weight is 509 g/mol. The summed E-state index contributed by atoms with van der Waals surface area (Å²) >= 11 is 0. The van der Waals surface area contributed by atoms with Crippen LogP contribution in [-0.4, -0.2) is 39.3 Å². The minimum absolute atomic E-state index is 0.0445. The van der Waals surface area contributed by atoms with Crippen molar-refractivity contribution in [2.75, 3.05) is 12.4 Å². The van der Waals surface area contributed by atoms with Crippen LogP contribution in [0, 0.1) is 5.82 Å². The Bertz CT molecular complexity index is 1520. The van der Waals surface area contributed by atoms with Crippen molar-refractivity contribution in [2.45, 2.75) is 44.1 Å². The van der Waals surface area contributed by atoms with Gasteiger partial charge in [0.25, 0.3) is 5.91 Å². The molecule has 1 fully saturated rings. The predicted molar refractivity (Wildman–Crippen MR) is 145 cm³/mol. The topological polar surface area (TPSA) is 78.1 Å². The number of halogens is 1. The fraction of sp³-hybridized carbons (Fsp3) is 0.258. The lowest BCUT2D eigenvalue weighted by atomic mass is 9.70. The molecular formula is C31H29FN4O2. The summed E-state index contributed by atoms with van der Waals surface area (Å²) in [6.07, 6.45) is 5.62. The predicted octanol–water partition coefficient (Wildman–Crippen LogP) is 6.18. The number of nitrogens with zero attached hydrogens (tertiary/aromatic N) is 2. The van der Waals surface area contributed by atoms with E-state index in [9.17, 15) is 14.0 Å². The molecule has 192 valence electrons.